The van der Waals surface area contributed by atoms with Crippen molar-refractivity contribution in [1.29, 1.82) is 0 Å². The van der Waals surface area contributed by atoms with E-state index in [1.54, 1.807) is 35.6 Å². The lowest BCUT2D eigenvalue weighted by Crippen LogP contribution is -2.25. The van der Waals surface area contributed by atoms with Crippen LogP contribution in [-0.4, -0.2) is 20.9 Å². The molecule has 5 heteroatoms. The first-order chi connectivity index (χ1) is 13.4. The number of rotatable bonds is 11. The van der Waals surface area contributed by atoms with Gasteiger partial charge in [-0.05, 0) is 66.8 Å². The number of hydrogen-bond donors (Lipinski definition) is 3. The fraction of sp³-hybridized carbons (Fsp3) is 0.478. The maximum Gasteiger partial charge on any atom is 0.178 e. The number of thiophene rings is 1. The molecule has 1 aromatic carbocycles. The molecular weight excluding hydrogens is 372 g/mol. The summed E-state index contributed by atoms with van der Waals surface area (Å²) >= 11 is 1.67. The van der Waals surface area contributed by atoms with Crippen LogP contribution in [0.1, 0.15) is 75.2 Å². The van der Waals surface area contributed by atoms with Gasteiger partial charge in [0, 0.05) is 10.4 Å². The maximum absolute atomic E-state index is 10.4. The van der Waals surface area contributed by atoms with E-state index in [9.17, 15) is 5.11 Å². The molecule has 0 saturated heterocycles. The van der Waals surface area contributed by atoms with E-state index < -0.39 is 11.9 Å². The monoisotopic (exact) mass is 404 g/mol. The SMILES string of the molecule is CCC(=CCCC(O)(CC)CC)c1csc(COc2ccc(C(O)O)cc2)c1. The largest absolute Gasteiger partial charge is 0.488 e. The standard InChI is InChI=1S/C23H32O4S/c1-4-17(8-7-13-23(26,5-2)6-3)19-14-21(28-16-19)15-27-20-11-9-18(10-12-20)22(24)25/h8-12,14,16,22,24-26H,4-7,13,15H2,1-3H3. The summed E-state index contributed by atoms with van der Waals surface area (Å²) in [6, 6.07) is 8.93. The van der Waals surface area contributed by atoms with Crippen molar-refractivity contribution in [2.24, 2.45) is 0 Å². The van der Waals surface area contributed by atoms with Crippen LogP contribution >= 0.6 is 11.3 Å². The van der Waals surface area contributed by atoms with E-state index in [1.807, 2.05) is 13.8 Å². The summed E-state index contributed by atoms with van der Waals surface area (Å²) in [6.45, 7) is 6.72. The zero-order valence-corrected chi connectivity index (χ0v) is 17.8. The quantitative estimate of drug-likeness (QED) is 0.437. The Morgan fingerprint density at radius 3 is 2.39 bits per heavy atom. The minimum absolute atomic E-state index is 0.446. The van der Waals surface area contributed by atoms with E-state index in [4.69, 9.17) is 14.9 Å². The predicted octanol–water partition coefficient (Wildman–Crippen LogP) is 5.44. The Kier molecular flexibility index (Phi) is 8.70. The highest BCUT2D eigenvalue weighted by molar-refractivity contribution is 7.10. The van der Waals surface area contributed by atoms with Crippen molar-refractivity contribution in [2.75, 3.05) is 0 Å². The molecule has 154 valence electrons. The molecule has 1 heterocycles. The van der Waals surface area contributed by atoms with Gasteiger partial charge in [0.05, 0.1) is 5.60 Å². The molecule has 1 aromatic heterocycles. The fourth-order valence-electron chi connectivity index (χ4n) is 3.10. The fourth-order valence-corrected chi connectivity index (χ4v) is 3.92. The van der Waals surface area contributed by atoms with Crippen LogP contribution in [0.2, 0.25) is 0 Å². The topological polar surface area (TPSA) is 69.9 Å². The van der Waals surface area contributed by atoms with Gasteiger partial charge in [-0.2, -0.15) is 0 Å². The van der Waals surface area contributed by atoms with E-state index in [1.165, 1.54) is 11.1 Å². The average molecular weight is 405 g/mol. The second-order valence-corrected chi connectivity index (χ2v) is 8.08. The molecule has 3 N–H and O–H groups in total. The predicted molar refractivity (Wildman–Crippen MR) is 115 cm³/mol. The van der Waals surface area contributed by atoms with Gasteiger partial charge < -0.3 is 20.1 Å². The van der Waals surface area contributed by atoms with Crippen molar-refractivity contribution in [1.82, 2.24) is 0 Å². The molecule has 28 heavy (non-hydrogen) atoms. The molecule has 0 fully saturated rings. The molecular formula is C23H32O4S. The molecule has 0 aliphatic carbocycles. The molecule has 0 bridgehead atoms. The Hall–Kier alpha value is -1.66. The molecule has 0 unspecified atom stereocenters. The Bertz CT molecular complexity index is 742. The normalized spacial score (nSPS) is 12.6. The lowest BCUT2D eigenvalue weighted by atomic mass is 9.91. The summed E-state index contributed by atoms with van der Waals surface area (Å²) in [5.41, 5.74) is 2.42. The zero-order valence-electron chi connectivity index (χ0n) is 17.0. The van der Waals surface area contributed by atoms with Crippen LogP contribution in [0.3, 0.4) is 0 Å². The van der Waals surface area contributed by atoms with Crippen molar-refractivity contribution in [3.63, 3.8) is 0 Å². The minimum Gasteiger partial charge on any atom is -0.488 e. The van der Waals surface area contributed by atoms with E-state index >= 15 is 0 Å². The molecule has 0 aliphatic rings. The second-order valence-electron chi connectivity index (χ2n) is 7.09. The number of allylic oxidation sites excluding steroid dienone is 2. The van der Waals surface area contributed by atoms with E-state index in [2.05, 4.69) is 24.4 Å². The Morgan fingerprint density at radius 1 is 1.14 bits per heavy atom. The average Bonchev–Trinajstić information content (AvgIpc) is 3.18. The van der Waals surface area contributed by atoms with Crippen LogP contribution in [0.5, 0.6) is 5.75 Å². The Morgan fingerprint density at radius 2 is 1.82 bits per heavy atom. The molecule has 4 nitrogen and oxygen atoms in total. The molecule has 0 atom stereocenters. The number of aliphatic hydroxyl groups excluding tert-OH is 1. The third kappa shape index (κ3) is 6.45. The highest BCUT2D eigenvalue weighted by Gasteiger charge is 2.20. The molecule has 0 amide bonds. The summed E-state index contributed by atoms with van der Waals surface area (Å²) < 4.78 is 5.80. The molecule has 0 aliphatic heterocycles. The summed E-state index contributed by atoms with van der Waals surface area (Å²) in [6.07, 6.45) is 5.00. The Balaban J connectivity index is 1.94. The van der Waals surface area contributed by atoms with Gasteiger partial charge in [-0.25, -0.2) is 0 Å². The third-order valence-corrected chi connectivity index (χ3v) is 6.19. The van der Waals surface area contributed by atoms with E-state index in [0.29, 0.717) is 17.9 Å². The molecule has 0 spiro atoms. The smallest absolute Gasteiger partial charge is 0.178 e. The van der Waals surface area contributed by atoms with Crippen molar-refractivity contribution in [3.05, 3.63) is 57.8 Å². The van der Waals surface area contributed by atoms with Gasteiger partial charge in [0.25, 0.3) is 0 Å². The number of hydrogen-bond acceptors (Lipinski definition) is 5. The summed E-state index contributed by atoms with van der Waals surface area (Å²) in [5.74, 6) is 0.698. The molecule has 2 aromatic rings. The Labute approximate surface area is 172 Å². The number of benzene rings is 1. The zero-order chi connectivity index (χ0) is 20.6. The first-order valence-electron chi connectivity index (χ1n) is 9.98. The molecule has 2 rings (SSSR count). The second kappa shape index (κ2) is 10.8. The first kappa shape index (κ1) is 22.6. The highest BCUT2D eigenvalue weighted by Crippen LogP contribution is 2.28. The number of ether oxygens (including phenoxy) is 1. The number of aliphatic hydroxyl groups is 3. The molecule has 0 radical (unpaired) electrons. The van der Waals surface area contributed by atoms with Crippen LogP contribution in [0.4, 0.5) is 0 Å². The van der Waals surface area contributed by atoms with E-state index in [-0.39, 0.29) is 0 Å². The van der Waals surface area contributed by atoms with Gasteiger partial charge >= 0.3 is 0 Å². The lowest BCUT2D eigenvalue weighted by molar-refractivity contribution is -0.0425. The van der Waals surface area contributed by atoms with E-state index in [0.717, 1.165) is 37.0 Å². The maximum atomic E-state index is 10.4. The van der Waals surface area contributed by atoms with Crippen molar-refractivity contribution < 1.29 is 20.1 Å². The van der Waals surface area contributed by atoms with Gasteiger partial charge in [-0.3, -0.25) is 0 Å². The van der Waals surface area contributed by atoms with Gasteiger partial charge in [0.1, 0.15) is 12.4 Å². The van der Waals surface area contributed by atoms with Gasteiger partial charge in [0.2, 0.25) is 0 Å². The van der Waals surface area contributed by atoms with Crippen molar-refractivity contribution in [2.45, 2.75) is 71.4 Å². The van der Waals surface area contributed by atoms with Gasteiger partial charge in [0.15, 0.2) is 6.29 Å². The summed E-state index contributed by atoms with van der Waals surface area (Å²) in [4.78, 5) is 1.14. The van der Waals surface area contributed by atoms with Crippen LogP contribution in [0.25, 0.3) is 5.57 Å². The minimum atomic E-state index is -1.46. The van der Waals surface area contributed by atoms with Gasteiger partial charge in [-0.15, -0.1) is 11.3 Å². The van der Waals surface area contributed by atoms with Crippen molar-refractivity contribution in [3.8, 4) is 5.75 Å². The summed E-state index contributed by atoms with van der Waals surface area (Å²) in [5, 5.41) is 30.9. The van der Waals surface area contributed by atoms with Crippen LogP contribution in [0.15, 0.2) is 41.8 Å². The third-order valence-electron chi connectivity index (χ3n) is 5.28. The lowest BCUT2D eigenvalue weighted by Gasteiger charge is -2.24. The summed E-state index contributed by atoms with van der Waals surface area (Å²) in [7, 11) is 0. The highest BCUT2D eigenvalue weighted by atomic mass is 32.1. The van der Waals surface area contributed by atoms with Crippen LogP contribution in [-0.2, 0) is 6.61 Å². The van der Waals surface area contributed by atoms with Crippen LogP contribution in [0, 0.1) is 0 Å². The van der Waals surface area contributed by atoms with Gasteiger partial charge in [-0.1, -0.05) is 39.0 Å². The van der Waals surface area contributed by atoms with Crippen molar-refractivity contribution >= 4 is 16.9 Å². The van der Waals surface area contributed by atoms with Crippen LogP contribution < -0.4 is 4.74 Å². The molecule has 0 saturated carbocycles. The first-order valence-corrected chi connectivity index (χ1v) is 10.9.